The average Bonchev–Trinajstić information content (AvgIpc) is 2.10. The maximum absolute atomic E-state index is 5.59. The Hall–Kier alpha value is 1.42. The fraction of sp³-hybridized carbons (Fsp3) is 1.00. The van der Waals surface area contributed by atoms with Crippen molar-refractivity contribution >= 4 is 45.2 Å². The molecule has 0 bridgehead atoms. The largest absolute Gasteiger partial charge is 0.381 e. The van der Waals surface area contributed by atoms with Crippen LogP contribution in [0.3, 0.4) is 0 Å². The highest BCUT2D eigenvalue weighted by molar-refractivity contribution is 14.1. The van der Waals surface area contributed by atoms with Crippen molar-refractivity contribution in [2.75, 3.05) is 13.2 Å². The van der Waals surface area contributed by atoms with E-state index in [-0.39, 0.29) is 0 Å². The molecule has 0 saturated heterocycles. The van der Waals surface area contributed by atoms with Crippen LogP contribution in [-0.2, 0) is 4.74 Å². The summed E-state index contributed by atoms with van der Waals surface area (Å²) in [5.74, 6) is 0.837. The SMILES string of the molecule is CCCCOC[C@H]1C[C@@H](I)C1I. The van der Waals surface area contributed by atoms with Gasteiger partial charge in [-0.3, -0.25) is 0 Å². The minimum atomic E-state index is 0.837. The summed E-state index contributed by atoms with van der Waals surface area (Å²) in [4.78, 5) is 0. The molecular formula is C9H16I2O. The Morgan fingerprint density at radius 1 is 1.42 bits per heavy atom. The highest BCUT2D eigenvalue weighted by Gasteiger charge is 2.36. The van der Waals surface area contributed by atoms with Gasteiger partial charge in [0.1, 0.15) is 0 Å². The Kier molecular flexibility index (Phi) is 5.75. The van der Waals surface area contributed by atoms with Crippen molar-refractivity contribution in [3.05, 3.63) is 0 Å². The molecule has 0 N–H and O–H groups in total. The first-order valence-corrected chi connectivity index (χ1v) is 7.10. The van der Waals surface area contributed by atoms with Gasteiger partial charge in [-0.15, -0.1) is 0 Å². The van der Waals surface area contributed by atoms with Crippen LogP contribution in [0, 0.1) is 5.92 Å². The maximum Gasteiger partial charge on any atom is 0.0505 e. The minimum absolute atomic E-state index is 0.837. The van der Waals surface area contributed by atoms with Gasteiger partial charge in [-0.25, -0.2) is 0 Å². The first kappa shape index (κ1) is 11.5. The molecule has 1 nitrogen and oxygen atoms in total. The van der Waals surface area contributed by atoms with E-state index in [4.69, 9.17) is 4.74 Å². The van der Waals surface area contributed by atoms with Crippen molar-refractivity contribution < 1.29 is 4.74 Å². The lowest BCUT2D eigenvalue weighted by molar-refractivity contribution is 0.0786. The van der Waals surface area contributed by atoms with Crippen LogP contribution in [0.15, 0.2) is 0 Å². The molecule has 1 fully saturated rings. The molecule has 0 heterocycles. The third kappa shape index (κ3) is 3.29. The summed E-state index contributed by atoms with van der Waals surface area (Å²) in [6, 6.07) is 0. The Labute approximate surface area is 102 Å². The van der Waals surface area contributed by atoms with Crippen molar-refractivity contribution in [1.29, 1.82) is 0 Å². The Bertz CT molecular complexity index is 130. The first-order valence-electron chi connectivity index (χ1n) is 4.61. The summed E-state index contributed by atoms with van der Waals surface area (Å²) in [6.45, 7) is 4.16. The van der Waals surface area contributed by atoms with E-state index in [9.17, 15) is 0 Å². The number of halogens is 2. The molecule has 0 aromatic carbocycles. The lowest BCUT2D eigenvalue weighted by Crippen LogP contribution is -2.40. The summed E-state index contributed by atoms with van der Waals surface area (Å²) in [6.07, 6.45) is 3.82. The summed E-state index contributed by atoms with van der Waals surface area (Å²) >= 11 is 5.09. The van der Waals surface area contributed by atoms with Crippen LogP contribution in [0.2, 0.25) is 0 Å². The van der Waals surface area contributed by atoms with Crippen LogP contribution in [0.25, 0.3) is 0 Å². The fourth-order valence-corrected chi connectivity index (χ4v) is 3.32. The van der Waals surface area contributed by atoms with Crippen molar-refractivity contribution in [3.8, 4) is 0 Å². The molecule has 0 aliphatic heterocycles. The molecule has 1 saturated carbocycles. The third-order valence-corrected chi connectivity index (χ3v) is 6.84. The highest BCUT2D eigenvalue weighted by Crippen LogP contribution is 2.40. The number of hydrogen-bond donors (Lipinski definition) is 0. The van der Waals surface area contributed by atoms with Crippen molar-refractivity contribution in [2.45, 2.75) is 34.0 Å². The number of unbranched alkanes of at least 4 members (excludes halogenated alkanes) is 1. The van der Waals surface area contributed by atoms with E-state index < -0.39 is 0 Å². The highest BCUT2D eigenvalue weighted by atomic mass is 127. The van der Waals surface area contributed by atoms with E-state index in [0.29, 0.717) is 0 Å². The second-order valence-electron chi connectivity index (χ2n) is 3.38. The summed E-state index contributed by atoms with van der Waals surface area (Å²) < 4.78 is 7.33. The molecule has 0 aromatic heterocycles. The molecule has 3 heteroatoms. The molecule has 0 radical (unpaired) electrons. The van der Waals surface area contributed by atoms with E-state index in [0.717, 1.165) is 27.0 Å². The third-order valence-electron chi connectivity index (χ3n) is 2.30. The van der Waals surface area contributed by atoms with Gasteiger partial charge in [-0.05, 0) is 18.8 Å². The molecule has 12 heavy (non-hydrogen) atoms. The molecule has 0 aromatic rings. The maximum atomic E-state index is 5.59. The predicted molar refractivity (Wildman–Crippen MR) is 69.5 cm³/mol. The predicted octanol–water partition coefficient (Wildman–Crippen LogP) is 3.43. The van der Waals surface area contributed by atoms with Crippen molar-refractivity contribution in [1.82, 2.24) is 0 Å². The van der Waals surface area contributed by atoms with E-state index in [1.54, 1.807) is 0 Å². The number of hydrogen-bond acceptors (Lipinski definition) is 1. The minimum Gasteiger partial charge on any atom is -0.381 e. The Morgan fingerprint density at radius 2 is 2.17 bits per heavy atom. The van der Waals surface area contributed by atoms with Gasteiger partial charge in [0, 0.05) is 14.5 Å². The molecule has 1 unspecified atom stereocenters. The van der Waals surface area contributed by atoms with Crippen LogP contribution in [0.5, 0.6) is 0 Å². The van der Waals surface area contributed by atoms with Crippen LogP contribution < -0.4 is 0 Å². The number of ether oxygens (including phenoxy) is 1. The lowest BCUT2D eigenvalue weighted by atomic mass is 9.86. The Balaban J connectivity index is 1.95. The van der Waals surface area contributed by atoms with E-state index in [1.165, 1.54) is 19.3 Å². The zero-order chi connectivity index (χ0) is 8.97. The molecule has 1 rings (SSSR count). The standard InChI is InChI=1S/C9H16I2O/c1-2-3-4-12-6-7-5-8(10)9(7)11/h7-9H,2-6H2,1H3/t7-,8-,9?/m1/s1. The van der Waals surface area contributed by atoms with Crippen LogP contribution in [0.1, 0.15) is 26.2 Å². The smallest absolute Gasteiger partial charge is 0.0505 e. The van der Waals surface area contributed by atoms with Crippen molar-refractivity contribution in [3.63, 3.8) is 0 Å². The van der Waals surface area contributed by atoms with Gasteiger partial charge >= 0.3 is 0 Å². The zero-order valence-electron chi connectivity index (χ0n) is 7.43. The van der Waals surface area contributed by atoms with Gasteiger partial charge in [-0.1, -0.05) is 58.5 Å². The first-order chi connectivity index (χ1) is 5.75. The van der Waals surface area contributed by atoms with Gasteiger partial charge in [0.25, 0.3) is 0 Å². The molecule has 72 valence electrons. The van der Waals surface area contributed by atoms with Gasteiger partial charge in [-0.2, -0.15) is 0 Å². The Morgan fingerprint density at radius 3 is 2.67 bits per heavy atom. The van der Waals surface area contributed by atoms with Gasteiger partial charge in [0.15, 0.2) is 0 Å². The second kappa shape index (κ2) is 6.01. The van der Waals surface area contributed by atoms with Crippen LogP contribution in [0.4, 0.5) is 0 Å². The van der Waals surface area contributed by atoms with Crippen LogP contribution >= 0.6 is 45.2 Å². The number of alkyl halides is 2. The van der Waals surface area contributed by atoms with Gasteiger partial charge in [0.05, 0.1) is 6.61 Å². The molecule has 0 amide bonds. The quantitative estimate of drug-likeness (QED) is 0.395. The molecule has 0 spiro atoms. The monoisotopic (exact) mass is 394 g/mol. The normalized spacial score (nSPS) is 34.8. The van der Waals surface area contributed by atoms with E-state index in [2.05, 4.69) is 52.1 Å². The fourth-order valence-electron chi connectivity index (χ4n) is 1.29. The van der Waals surface area contributed by atoms with Crippen molar-refractivity contribution in [2.24, 2.45) is 5.92 Å². The zero-order valence-corrected chi connectivity index (χ0v) is 11.7. The number of rotatable bonds is 5. The van der Waals surface area contributed by atoms with Gasteiger partial charge < -0.3 is 4.74 Å². The summed E-state index contributed by atoms with van der Waals surface area (Å²) in [7, 11) is 0. The second-order valence-corrected chi connectivity index (χ2v) is 6.42. The average molecular weight is 394 g/mol. The lowest BCUT2D eigenvalue weighted by Gasteiger charge is -2.37. The van der Waals surface area contributed by atoms with E-state index >= 15 is 0 Å². The topological polar surface area (TPSA) is 9.23 Å². The molecule has 1 aliphatic carbocycles. The van der Waals surface area contributed by atoms with E-state index in [1.807, 2.05) is 0 Å². The van der Waals surface area contributed by atoms with Crippen LogP contribution in [-0.4, -0.2) is 21.1 Å². The summed E-state index contributed by atoms with van der Waals surface area (Å²) in [5.41, 5.74) is 0. The summed E-state index contributed by atoms with van der Waals surface area (Å²) in [5, 5.41) is 0. The molecule has 3 atom stereocenters. The van der Waals surface area contributed by atoms with Gasteiger partial charge in [0.2, 0.25) is 0 Å². The molecule has 1 aliphatic rings. The molecular weight excluding hydrogens is 378 g/mol.